The van der Waals surface area contributed by atoms with Crippen LogP contribution >= 0.6 is 11.8 Å². The van der Waals surface area contributed by atoms with Crippen molar-refractivity contribution < 1.29 is 0 Å². The second-order valence-electron chi connectivity index (χ2n) is 4.40. The summed E-state index contributed by atoms with van der Waals surface area (Å²) in [5.41, 5.74) is 1.40. The quantitative estimate of drug-likeness (QED) is 0.716. The second-order valence-corrected chi connectivity index (χ2v) is 5.55. The van der Waals surface area contributed by atoms with E-state index in [1.165, 1.54) is 11.3 Å². The van der Waals surface area contributed by atoms with Gasteiger partial charge in [-0.15, -0.1) is 0 Å². The van der Waals surface area contributed by atoms with Crippen molar-refractivity contribution in [2.45, 2.75) is 13.0 Å². The molecule has 1 atom stereocenters. The monoisotopic (exact) mass is 252 g/mol. The normalized spacial score (nSPS) is 12.9. The Kier molecular flexibility index (Phi) is 7.33. The Balaban J connectivity index is 2.39. The third-order valence-corrected chi connectivity index (χ3v) is 3.66. The van der Waals surface area contributed by atoms with Gasteiger partial charge in [-0.1, -0.05) is 37.3 Å². The smallest absolute Gasteiger partial charge is 0.0411 e. The average Bonchev–Trinajstić information content (AvgIpc) is 2.34. The molecule has 1 aromatic carbocycles. The van der Waals surface area contributed by atoms with Crippen LogP contribution in [-0.4, -0.2) is 43.6 Å². The molecule has 0 saturated carbocycles. The fourth-order valence-electron chi connectivity index (χ4n) is 1.65. The molecule has 0 aliphatic rings. The van der Waals surface area contributed by atoms with Crippen LogP contribution in [0.25, 0.3) is 0 Å². The lowest BCUT2D eigenvalue weighted by Gasteiger charge is -2.18. The van der Waals surface area contributed by atoms with Crippen molar-refractivity contribution in [2.24, 2.45) is 0 Å². The lowest BCUT2D eigenvalue weighted by molar-refractivity contribution is 0.437. The molecule has 0 aromatic heterocycles. The van der Waals surface area contributed by atoms with Crippen LogP contribution < -0.4 is 5.32 Å². The summed E-state index contributed by atoms with van der Waals surface area (Å²) in [6.45, 7) is 4.34. The molecule has 0 aliphatic carbocycles. The van der Waals surface area contributed by atoms with E-state index in [-0.39, 0.29) is 0 Å². The van der Waals surface area contributed by atoms with Crippen LogP contribution in [0.5, 0.6) is 0 Å². The molecule has 0 spiro atoms. The maximum atomic E-state index is 3.55. The summed E-state index contributed by atoms with van der Waals surface area (Å²) in [5.74, 6) is 2.34. The van der Waals surface area contributed by atoms with Gasteiger partial charge in [-0.2, -0.15) is 11.8 Å². The highest BCUT2D eigenvalue weighted by molar-refractivity contribution is 7.99. The van der Waals surface area contributed by atoms with Gasteiger partial charge in [-0.05, 0) is 26.2 Å². The Morgan fingerprint density at radius 1 is 1.24 bits per heavy atom. The Labute approximate surface area is 110 Å². The Morgan fingerprint density at radius 3 is 2.53 bits per heavy atom. The van der Waals surface area contributed by atoms with Gasteiger partial charge in [0.1, 0.15) is 0 Å². The minimum absolute atomic E-state index is 0.480. The van der Waals surface area contributed by atoms with E-state index in [1.54, 1.807) is 0 Å². The van der Waals surface area contributed by atoms with Gasteiger partial charge in [0.15, 0.2) is 0 Å². The summed E-state index contributed by atoms with van der Waals surface area (Å²) in [4.78, 5) is 2.23. The van der Waals surface area contributed by atoms with E-state index in [9.17, 15) is 0 Å². The van der Waals surface area contributed by atoms with Gasteiger partial charge >= 0.3 is 0 Å². The average molecular weight is 252 g/mol. The first-order valence-corrected chi connectivity index (χ1v) is 7.40. The molecule has 0 bridgehead atoms. The zero-order valence-electron chi connectivity index (χ0n) is 11.1. The molecule has 1 unspecified atom stereocenters. The molecular formula is C14H24N2S. The minimum Gasteiger partial charge on any atom is -0.310 e. The fourth-order valence-corrected chi connectivity index (χ4v) is 2.86. The van der Waals surface area contributed by atoms with Gasteiger partial charge in [0.25, 0.3) is 0 Å². The maximum absolute atomic E-state index is 3.55. The number of thioether (sulfide) groups is 1. The van der Waals surface area contributed by atoms with E-state index in [4.69, 9.17) is 0 Å². The summed E-state index contributed by atoms with van der Waals surface area (Å²) < 4.78 is 0. The van der Waals surface area contributed by atoms with Crippen molar-refractivity contribution in [3.8, 4) is 0 Å². The molecule has 1 N–H and O–H groups in total. The maximum Gasteiger partial charge on any atom is 0.0411 e. The van der Waals surface area contributed by atoms with Crippen molar-refractivity contribution in [1.82, 2.24) is 10.2 Å². The first kappa shape index (κ1) is 14.6. The zero-order chi connectivity index (χ0) is 12.5. The number of benzene rings is 1. The predicted octanol–water partition coefficient (Wildman–Crippen LogP) is 2.63. The fraction of sp³-hybridized carbons (Fsp3) is 0.571. The Hall–Kier alpha value is -0.510. The van der Waals surface area contributed by atoms with Crippen molar-refractivity contribution in [3.05, 3.63) is 35.9 Å². The summed E-state index contributed by atoms with van der Waals surface area (Å²) in [6, 6.07) is 11.2. The molecule has 1 aromatic rings. The first-order chi connectivity index (χ1) is 8.24. The van der Waals surface area contributed by atoms with Crippen molar-refractivity contribution in [3.63, 3.8) is 0 Å². The number of hydrogen-bond acceptors (Lipinski definition) is 3. The lowest BCUT2D eigenvalue weighted by atomic mass is 10.1. The highest BCUT2D eigenvalue weighted by atomic mass is 32.2. The van der Waals surface area contributed by atoms with Gasteiger partial charge in [0.2, 0.25) is 0 Å². The van der Waals surface area contributed by atoms with E-state index in [1.807, 2.05) is 11.8 Å². The third kappa shape index (κ3) is 6.10. The first-order valence-electron chi connectivity index (χ1n) is 6.24. The van der Waals surface area contributed by atoms with Gasteiger partial charge in [0.05, 0.1) is 0 Å². The molecule has 1 rings (SSSR count). The molecular weight excluding hydrogens is 228 g/mol. The zero-order valence-corrected chi connectivity index (χ0v) is 12.0. The Bertz CT molecular complexity index is 288. The van der Waals surface area contributed by atoms with Gasteiger partial charge < -0.3 is 10.2 Å². The van der Waals surface area contributed by atoms with Gasteiger partial charge in [-0.25, -0.2) is 0 Å². The van der Waals surface area contributed by atoms with Gasteiger partial charge in [0, 0.05) is 24.1 Å². The van der Waals surface area contributed by atoms with E-state index in [2.05, 4.69) is 61.6 Å². The summed E-state index contributed by atoms with van der Waals surface area (Å²) in [7, 11) is 4.25. The van der Waals surface area contributed by atoms with Crippen LogP contribution in [0, 0.1) is 0 Å². The van der Waals surface area contributed by atoms with Crippen molar-refractivity contribution in [2.75, 3.05) is 38.7 Å². The lowest BCUT2D eigenvalue weighted by Crippen LogP contribution is -2.23. The molecule has 96 valence electrons. The molecule has 17 heavy (non-hydrogen) atoms. The van der Waals surface area contributed by atoms with Crippen LogP contribution in [0.3, 0.4) is 0 Å². The Morgan fingerprint density at radius 2 is 1.94 bits per heavy atom. The number of rotatable bonds is 8. The van der Waals surface area contributed by atoms with Crippen LogP contribution in [-0.2, 0) is 0 Å². The van der Waals surface area contributed by atoms with E-state index in [0.717, 1.165) is 18.8 Å². The molecule has 3 heteroatoms. The van der Waals surface area contributed by atoms with E-state index in [0.29, 0.717) is 6.04 Å². The van der Waals surface area contributed by atoms with E-state index < -0.39 is 0 Å². The summed E-state index contributed by atoms with van der Waals surface area (Å²) in [5, 5.41) is 3.55. The molecule has 0 fully saturated rings. The summed E-state index contributed by atoms with van der Waals surface area (Å²) in [6.07, 6.45) is 0. The van der Waals surface area contributed by atoms with Crippen LogP contribution in [0.2, 0.25) is 0 Å². The van der Waals surface area contributed by atoms with Gasteiger partial charge in [-0.3, -0.25) is 0 Å². The van der Waals surface area contributed by atoms with Crippen molar-refractivity contribution >= 4 is 11.8 Å². The molecule has 2 nitrogen and oxygen atoms in total. The summed E-state index contributed by atoms with van der Waals surface area (Å²) >= 11 is 2.02. The molecule has 0 aliphatic heterocycles. The molecule has 0 heterocycles. The van der Waals surface area contributed by atoms with Crippen LogP contribution in [0.15, 0.2) is 30.3 Å². The van der Waals surface area contributed by atoms with Crippen molar-refractivity contribution in [1.29, 1.82) is 0 Å². The highest BCUT2D eigenvalue weighted by Gasteiger charge is 2.09. The topological polar surface area (TPSA) is 15.3 Å². The predicted molar refractivity (Wildman–Crippen MR) is 78.7 cm³/mol. The molecule has 0 radical (unpaired) electrons. The molecule has 0 saturated heterocycles. The minimum atomic E-state index is 0.480. The highest BCUT2D eigenvalue weighted by Crippen LogP contribution is 2.18. The molecule has 0 amide bonds. The second kappa shape index (κ2) is 8.56. The number of nitrogens with one attached hydrogen (secondary N) is 1. The SMILES string of the molecule is CCNC(CSCCN(C)C)c1ccccc1. The van der Waals surface area contributed by atoms with E-state index >= 15 is 0 Å². The number of hydrogen-bond donors (Lipinski definition) is 1. The third-order valence-electron chi connectivity index (χ3n) is 2.62. The largest absolute Gasteiger partial charge is 0.310 e. The standard InChI is InChI=1S/C14H24N2S/c1-4-15-14(12-17-11-10-16(2)3)13-8-6-5-7-9-13/h5-9,14-15H,4,10-12H2,1-3H3. The number of nitrogens with zero attached hydrogens (tertiary/aromatic N) is 1. The van der Waals surface area contributed by atoms with Crippen LogP contribution in [0.1, 0.15) is 18.5 Å². The van der Waals surface area contributed by atoms with Crippen LogP contribution in [0.4, 0.5) is 0 Å².